The highest BCUT2D eigenvalue weighted by Gasteiger charge is 2.19. The Morgan fingerprint density at radius 2 is 0.589 bits per heavy atom. The molecule has 0 fully saturated rings. The second-order valence-electron chi connectivity index (χ2n) is 19.5. The Hall–Kier alpha value is -4.19. The predicted molar refractivity (Wildman–Crippen MR) is 316 cm³/mol. The molecular formula is C67H110O6. The van der Waals surface area contributed by atoms with E-state index in [9.17, 15) is 14.4 Å². The van der Waals surface area contributed by atoms with Crippen LogP contribution in [0, 0.1) is 0 Å². The van der Waals surface area contributed by atoms with E-state index < -0.39 is 12.1 Å². The van der Waals surface area contributed by atoms with Crippen molar-refractivity contribution in [3.8, 4) is 0 Å². The van der Waals surface area contributed by atoms with Crippen molar-refractivity contribution in [1.29, 1.82) is 0 Å². The van der Waals surface area contributed by atoms with Gasteiger partial charge in [-0.05, 0) is 89.9 Å². The molecule has 1 unspecified atom stereocenters. The highest BCUT2D eigenvalue weighted by Crippen LogP contribution is 2.16. The summed E-state index contributed by atoms with van der Waals surface area (Å²) in [5, 5.41) is 0. The van der Waals surface area contributed by atoms with Gasteiger partial charge in [0.15, 0.2) is 6.10 Å². The molecule has 0 spiro atoms. The average Bonchev–Trinajstić information content (AvgIpc) is 3.39. The van der Waals surface area contributed by atoms with E-state index in [2.05, 4.69) is 130 Å². The Balaban J connectivity index is 4.47. The summed E-state index contributed by atoms with van der Waals surface area (Å²) >= 11 is 0. The number of carbonyl (C=O) groups is 3. The second kappa shape index (κ2) is 60.4. The molecule has 0 radical (unpaired) electrons. The van der Waals surface area contributed by atoms with E-state index in [0.717, 1.165) is 109 Å². The minimum Gasteiger partial charge on any atom is -0.462 e. The van der Waals surface area contributed by atoms with Gasteiger partial charge in [0.25, 0.3) is 0 Å². The Morgan fingerprint density at radius 3 is 0.959 bits per heavy atom. The van der Waals surface area contributed by atoms with Gasteiger partial charge in [-0.2, -0.15) is 0 Å². The molecule has 1 atom stereocenters. The lowest BCUT2D eigenvalue weighted by Crippen LogP contribution is -2.30. The van der Waals surface area contributed by atoms with E-state index >= 15 is 0 Å². The van der Waals surface area contributed by atoms with Gasteiger partial charge in [-0.25, -0.2) is 0 Å². The van der Waals surface area contributed by atoms with E-state index in [1.54, 1.807) is 6.08 Å². The maximum Gasteiger partial charge on any atom is 0.309 e. The van der Waals surface area contributed by atoms with Crippen molar-refractivity contribution < 1.29 is 28.6 Å². The van der Waals surface area contributed by atoms with Crippen molar-refractivity contribution in [2.75, 3.05) is 13.2 Å². The molecule has 0 aliphatic rings. The predicted octanol–water partition coefficient (Wildman–Crippen LogP) is 20.4. The standard InChI is InChI=1S/C67H110O6/c1-4-7-10-13-16-19-22-25-28-30-31-32-33-34-35-37-39-42-45-48-51-54-57-60-66(69)72-63-64(62-71-65(68)59-56-53-50-47-44-41-38-27-24-21-18-15-12-9-6-3)73-67(70)61-58-55-52-49-46-43-40-36-29-26-23-20-17-14-11-8-5-2/h7,9-10,12,16,18-19,21,25,27-28,31-32,34-35,38,44,47,53,56,64H,4-6,8,11,13-15,17,20,22-24,26,29-30,33,36-37,39-43,45-46,48-52,54-55,57-63H2,1-3H3/b10-7-,12-9-,19-16-,21-18-,28-25-,32-31-,35-34-,38-27-,47-44-,56-53-. The van der Waals surface area contributed by atoms with Gasteiger partial charge < -0.3 is 14.2 Å². The first-order valence-corrected chi connectivity index (χ1v) is 30.0. The van der Waals surface area contributed by atoms with Gasteiger partial charge in [-0.3, -0.25) is 14.4 Å². The zero-order valence-corrected chi connectivity index (χ0v) is 47.4. The summed E-state index contributed by atoms with van der Waals surface area (Å²) in [4.78, 5) is 38.2. The maximum atomic E-state index is 12.9. The van der Waals surface area contributed by atoms with Gasteiger partial charge in [0.1, 0.15) is 13.2 Å². The van der Waals surface area contributed by atoms with Crippen molar-refractivity contribution in [3.05, 3.63) is 122 Å². The first kappa shape index (κ1) is 68.8. The van der Waals surface area contributed by atoms with E-state index in [-0.39, 0.29) is 31.6 Å². The third kappa shape index (κ3) is 58.6. The lowest BCUT2D eigenvalue weighted by molar-refractivity contribution is -0.166. The molecule has 0 aliphatic carbocycles. The molecule has 0 N–H and O–H groups in total. The number of unbranched alkanes of at least 4 members (excludes halogenated alkanes) is 23. The Labute approximate surface area is 450 Å². The number of allylic oxidation sites excluding steroid dienone is 19. The van der Waals surface area contributed by atoms with Gasteiger partial charge in [0.05, 0.1) is 6.42 Å². The first-order valence-electron chi connectivity index (χ1n) is 30.0. The summed E-state index contributed by atoms with van der Waals surface area (Å²) in [5.41, 5.74) is 0. The topological polar surface area (TPSA) is 78.9 Å². The summed E-state index contributed by atoms with van der Waals surface area (Å²) < 4.78 is 16.8. The number of carbonyl (C=O) groups excluding carboxylic acids is 3. The molecule has 73 heavy (non-hydrogen) atoms. The first-order chi connectivity index (χ1) is 36.0. The lowest BCUT2D eigenvalue weighted by Gasteiger charge is -2.18. The van der Waals surface area contributed by atoms with Crippen LogP contribution in [0.15, 0.2) is 122 Å². The fourth-order valence-corrected chi connectivity index (χ4v) is 8.07. The SMILES string of the molecule is CC/C=C\C/C=C\C/C=C\C/C=C\C/C=C\CCCCCCCCCC(=O)OCC(COC(=O)C/C=C\C/C=C\C/C=C\C/C=C\C/C=C\CC)OC(=O)CCCCCCCCCCCCCCCCCCC. The van der Waals surface area contributed by atoms with Gasteiger partial charge in [-0.15, -0.1) is 0 Å². The third-order valence-electron chi connectivity index (χ3n) is 12.5. The van der Waals surface area contributed by atoms with Crippen LogP contribution < -0.4 is 0 Å². The highest BCUT2D eigenvalue weighted by molar-refractivity contribution is 5.72. The van der Waals surface area contributed by atoms with Crippen LogP contribution in [-0.2, 0) is 28.6 Å². The van der Waals surface area contributed by atoms with Crippen LogP contribution in [0.1, 0.15) is 265 Å². The van der Waals surface area contributed by atoms with Crippen molar-refractivity contribution >= 4 is 17.9 Å². The van der Waals surface area contributed by atoms with Crippen LogP contribution in [0.4, 0.5) is 0 Å². The molecule has 414 valence electrons. The van der Waals surface area contributed by atoms with E-state index in [1.165, 1.54) is 116 Å². The second-order valence-corrected chi connectivity index (χ2v) is 19.5. The lowest BCUT2D eigenvalue weighted by atomic mass is 10.0. The number of hydrogen-bond donors (Lipinski definition) is 0. The minimum atomic E-state index is -0.825. The molecule has 0 aromatic carbocycles. The molecule has 0 heterocycles. The van der Waals surface area contributed by atoms with Crippen LogP contribution >= 0.6 is 0 Å². The normalized spacial score (nSPS) is 13.0. The fourth-order valence-electron chi connectivity index (χ4n) is 8.07. The molecule has 6 heteroatoms. The molecular weight excluding hydrogens is 901 g/mol. The molecule has 6 nitrogen and oxygen atoms in total. The van der Waals surface area contributed by atoms with Gasteiger partial charge in [0.2, 0.25) is 0 Å². The summed E-state index contributed by atoms with van der Waals surface area (Å²) in [6.07, 6.45) is 83.6. The third-order valence-corrected chi connectivity index (χ3v) is 12.5. The van der Waals surface area contributed by atoms with E-state index in [4.69, 9.17) is 14.2 Å². The van der Waals surface area contributed by atoms with Crippen molar-refractivity contribution in [2.45, 2.75) is 271 Å². The number of hydrogen-bond acceptors (Lipinski definition) is 6. The summed E-state index contributed by atoms with van der Waals surface area (Å²) in [6.45, 7) is 6.33. The molecule has 0 rings (SSSR count). The quantitative estimate of drug-likeness (QED) is 0.0261. The van der Waals surface area contributed by atoms with Crippen molar-refractivity contribution in [2.24, 2.45) is 0 Å². The minimum absolute atomic E-state index is 0.115. The van der Waals surface area contributed by atoms with Crippen LogP contribution in [0.25, 0.3) is 0 Å². The summed E-state index contributed by atoms with van der Waals surface area (Å²) in [5.74, 6) is -1.05. The Bertz CT molecular complexity index is 1540. The molecule has 0 aliphatic heterocycles. The fraction of sp³-hybridized carbons (Fsp3) is 0.657. The zero-order chi connectivity index (χ0) is 52.9. The monoisotopic (exact) mass is 1010 g/mol. The average molecular weight is 1010 g/mol. The van der Waals surface area contributed by atoms with Crippen LogP contribution in [-0.4, -0.2) is 37.2 Å². The largest absolute Gasteiger partial charge is 0.462 e. The van der Waals surface area contributed by atoms with Crippen LogP contribution in [0.3, 0.4) is 0 Å². The molecule has 0 aromatic heterocycles. The van der Waals surface area contributed by atoms with Gasteiger partial charge in [-0.1, -0.05) is 277 Å². The maximum absolute atomic E-state index is 12.9. The summed E-state index contributed by atoms with van der Waals surface area (Å²) in [7, 11) is 0. The molecule has 0 amide bonds. The molecule has 0 bridgehead atoms. The van der Waals surface area contributed by atoms with E-state index in [1.807, 2.05) is 6.08 Å². The number of rotatable bonds is 53. The van der Waals surface area contributed by atoms with Crippen molar-refractivity contribution in [3.63, 3.8) is 0 Å². The highest BCUT2D eigenvalue weighted by atomic mass is 16.6. The number of ether oxygens (including phenoxy) is 3. The van der Waals surface area contributed by atoms with Crippen LogP contribution in [0.2, 0.25) is 0 Å². The number of esters is 3. The Morgan fingerprint density at radius 1 is 0.301 bits per heavy atom. The molecule has 0 saturated carbocycles. The van der Waals surface area contributed by atoms with E-state index in [0.29, 0.717) is 12.8 Å². The molecule has 0 saturated heterocycles. The smallest absolute Gasteiger partial charge is 0.309 e. The zero-order valence-electron chi connectivity index (χ0n) is 47.4. The summed E-state index contributed by atoms with van der Waals surface area (Å²) in [6, 6.07) is 0. The molecule has 0 aromatic rings. The Kier molecular flexibility index (Phi) is 56.9. The van der Waals surface area contributed by atoms with Gasteiger partial charge >= 0.3 is 17.9 Å². The van der Waals surface area contributed by atoms with Gasteiger partial charge in [0, 0.05) is 12.8 Å². The van der Waals surface area contributed by atoms with Crippen LogP contribution in [0.5, 0.6) is 0 Å². The van der Waals surface area contributed by atoms with Crippen molar-refractivity contribution in [1.82, 2.24) is 0 Å².